The quantitative estimate of drug-likeness (QED) is 0.155. The smallest absolute Gasteiger partial charge is 0.178 e. The Balaban J connectivity index is 0.767. The maximum atomic E-state index is 6.48. The zero-order valence-corrected chi connectivity index (χ0v) is 40.7. The molecule has 2 aromatic heterocycles. The van der Waals surface area contributed by atoms with Crippen molar-refractivity contribution >= 4 is 76.2 Å². The predicted molar refractivity (Wildman–Crippen MR) is 313 cm³/mol. The summed E-state index contributed by atoms with van der Waals surface area (Å²) in [5.74, 6) is 0. The Labute approximate surface area is 433 Å². The van der Waals surface area contributed by atoms with Gasteiger partial charge in [0.15, 0.2) is 11.2 Å². The minimum Gasteiger partial charge on any atom is -0.452 e. The third-order valence-corrected chi connectivity index (χ3v) is 16.3. The fourth-order valence-electron chi connectivity index (χ4n) is 12.9. The molecule has 0 unspecified atom stereocenters. The van der Waals surface area contributed by atoms with Gasteiger partial charge < -0.3 is 8.83 Å². The molecule has 1 aliphatic rings. The molecule has 2 heterocycles. The molecule has 15 aromatic rings. The fourth-order valence-corrected chi connectivity index (χ4v) is 12.9. The summed E-state index contributed by atoms with van der Waals surface area (Å²) in [5.41, 5.74) is 20.1. The second kappa shape index (κ2) is 16.1. The molecule has 0 radical (unpaired) electrons. The summed E-state index contributed by atoms with van der Waals surface area (Å²) in [6, 6.07) is 98.2. The summed E-state index contributed by atoms with van der Waals surface area (Å²) in [6.07, 6.45) is 0. The van der Waals surface area contributed by atoms with E-state index in [4.69, 9.17) is 8.83 Å². The average molecular weight is 953 g/mol. The van der Waals surface area contributed by atoms with Crippen LogP contribution < -0.4 is 0 Å². The van der Waals surface area contributed by atoms with Crippen LogP contribution in [0.3, 0.4) is 0 Å². The highest BCUT2D eigenvalue weighted by atomic mass is 16.4. The van der Waals surface area contributed by atoms with Crippen molar-refractivity contribution in [1.29, 1.82) is 0 Å². The van der Waals surface area contributed by atoms with Crippen molar-refractivity contribution in [3.05, 3.63) is 289 Å². The molecule has 0 atom stereocenters. The van der Waals surface area contributed by atoms with Gasteiger partial charge in [-0.05, 0) is 171 Å². The van der Waals surface area contributed by atoms with Gasteiger partial charge in [0.25, 0.3) is 0 Å². The predicted octanol–water partition coefficient (Wildman–Crippen LogP) is 20.0. The Morgan fingerprint density at radius 1 is 0.213 bits per heavy atom. The lowest BCUT2D eigenvalue weighted by atomic mass is 9.67. The van der Waals surface area contributed by atoms with Crippen LogP contribution in [0.2, 0.25) is 0 Å². The molecule has 0 fully saturated rings. The Morgan fingerprint density at radius 3 is 1.21 bits per heavy atom. The van der Waals surface area contributed by atoms with E-state index in [1.165, 1.54) is 99.1 Å². The summed E-state index contributed by atoms with van der Waals surface area (Å²) < 4.78 is 12.8. The van der Waals surface area contributed by atoms with E-state index >= 15 is 0 Å². The normalized spacial score (nSPS) is 12.9. The van der Waals surface area contributed by atoms with Crippen LogP contribution in [0.1, 0.15) is 22.3 Å². The molecule has 0 bridgehead atoms. The first-order valence-electron chi connectivity index (χ1n) is 25.9. The molecule has 0 aliphatic heterocycles. The average Bonchev–Trinajstić information content (AvgIpc) is 4.17. The van der Waals surface area contributed by atoms with Crippen LogP contribution in [0.5, 0.6) is 0 Å². The van der Waals surface area contributed by atoms with Crippen molar-refractivity contribution in [3.8, 4) is 55.6 Å². The maximum absolute atomic E-state index is 6.48. The van der Waals surface area contributed by atoms with Gasteiger partial charge in [-0.2, -0.15) is 0 Å². The van der Waals surface area contributed by atoms with Crippen molar-refractivity contribution < 1.29 is 8.83 Å². The molecule has 75 heavy (non-hydrogen) atoms. The lowest BCUT2D eigenvalue weighted by Gasteiger charge is -2.34. The molecule has 0 saturated heterocycles. The Morgan fingerprint density at radius 2 is 0.613 bits per heavy atom. The van der Waals surface area contributed by atoms with Crippen molar-refractivity contribution in [2.24, 2.45) is 0 Å². The van der Waals surface area contributed by atoms with Crippen molar-refractivity contribution in [2.75, 3.05) is 0 Å². The van der Waals surface area contributed by atoms with Gasteiger partial charge in [-0.15, -0.1) is 0 Å². The summed E-state index contributed by atoms with van der Waals surface area (Å²) in [5, 5.41) is 11.8. The summed E-state index contributed by atoms with van der Waals surface area (Å²) in [7, 11) is 0. The lowest BCUT2D eigenvalue weighted by molar-refractivity contribution is 0.633. The molecular formula is C73H44O2. The summed E-state index contributed by atoms with van der Waals surface area (Å²) >= 11 is 0. The van der Waals surface area contributed by atoms with Crippen molar-refractivity contribution in [1.82, 2.24) is 0 Å². The molecule has 0 N–H and O–H groups in total. The van der Waals surface area contributed by atoms with Crippen LogP contribution in [-0.2, 0) is 5.41 Å². The molecule has 0 spiro atoms. The van der Waals surface area contributed by atoms with Crippen LogP contribution in [0.25, 0.3) is 132 Å². The Hall–Kier alpha value is -9.76. The molecule has 0 saturated carbocycles. The minimum absolute atomic E-state index is 0.454. The van der Waals surface area contributed by atoms with Gasteiger partial charge in [0.05, 0.1) is 5.41 Å². The molecule has 16 rings (SSSR count). The molecule has 0 amide bonds. The zero-order valence-electron chi connectivity index (χ0n) is 40.7. The monoisotopic (exact) mass is 952 g/mol. The third kappa shape index (κ3) is 6.21. The van der Waals surface area contributed by atoms with Gasteiger partial charge in [0, 0.05) is 21.5 Å². The van der Waals surface area contributed by atoms with Crippen molar-refractivity contribution in [2.45, 2.75) is 5.41 Å². The minimum atomic E-state index is -0.454. The van der Waals surface area contributed by atoms with E-state index in [0.29, 0.717) is 0 Å². The highest BCUT2D eigenvalue weighted by molar-refractivity contribution is 6.26. The molecule has 2 heteroatoms. The zero-order chi connectivity index (χ0) is 49.2. The molecule has 2 nitrogen and oxygen atoms in total. The largest absolute Gasteiger partial charge is 0.452 e. The summed E-state index contributed by atoms with van der Waals surface area (Å²) in [4.78, 5) is 0. The van der Waals surface area contributed by atoms with E-state index in [2.05, 4.69) is 249 Å². The Bertz CT molecular complexity index is 4760. The van der Waals surface area contributed by atoms with E-state index in [0.717, 1.165) is 55.0 Å². The van der Waals surface area contributed by atoms with Gasteiger partial charge in [-0.3, -0.25) is 0 Å². The van der Waals surface area contributed by atoms with Crippen LogP contribution in [0, 0.1) is 0 Å². The van der Waals surface area contributed by atoms with Crippen LogP contribution in [0.4, 0.5) is 0 Å². The lowest BCUT2D eigenvalue weighted by Crippen LogP contribution is -2.28. The van der Waals surface area contributed by atoms with Crippen LogP contribution in [0.15, 0.2) is 276 Å². The Kier molecular flexibility index (Phi) is 8.99. The number of para-hydroxylation sites is 1. The molecular weight excluding hydrogens is 909 g/mol. The van der Waals surface area contributed by atoms with Crippen molar-refractivity contribution in [3.63, 3.8) is 0 Å². The van der Waals surface area contributed by atoms with E-state index in [-0.39, 0.29) is 0 Å². The standard InChI is InChI=1S/C73H44O2/c1-3-19-53(20-4-1)73(54-21-5-2-6-22-54)67-27-11-9-25-59(67)60-35-31-52(44-68(60)73)50-30-34-58-57-33-29-49(41-64(57)55-23-7-8-24-56(55)65(58)42-50)47-17-13-15-45(39-47)46-16-14-18-48(40-46)51-32-38-70-66(43-51)63-37-36-62-61-26-10-12-28-69(61)74-71(62)72(63)75-70/h1-44H. The molecule has 348 valence electrons. The third-order valence-electron chi connectivity index (χ3n) is 16.3. The first kappa shape index (κ1) is 41.8. The number of hydrogen-bond acceptors (Lipinski definition) is 2. The highest BCUT2D eigenvalue weighted by Gasteiger charge is 2.46. The molecule has 1 aliphatic carbocycles. The first-order chi connectivity index (χ1) is 37.2. The van der Waals surface area contributed by atoms with Crippen LogP contribution in [-0.4, -0.2) is 0 Å². The van der Waals surface area contributed by atoms with Crippen LogP contribution >= 0.6 is 0 Å². The van der Waals surface area contributed by atoms with E-state index < -0.39 is 5.41 Å². The number of furan rings is 2. The maximum Gasteiger partial charge on any atom is 0.178 e. The molecule has 13 aromatic carbocycles. The van der Waals surface area contributed by atoms with Gasteiger partial charge in [-0.1, -0.05) is 206 Å². The second-order valence-electron chi connectivity index (χ2n) is 20.2. The number of benzene rings is 13. The van der Waals surface area contributed by atoms with Gasteiger partial charge in [0.1, 0.15) is 11.2 Å². The van der Waals surface area contributed by atoms with Gasteiger partial charge in [-0.25, -0.2) is 0 Å². The van der Waals surface area contributed by atoms with E-state index in [9.17, 15) is 0 Å². The SMILES string of the molecule is c1ccc(C2(c3ccccc3)c3ccccc3-c3ccc(-c4ccc5c6ccc(-c7cccc(-c8cccc(-c9ccc%10oc%11c(ccc%12c%13ccccc%13oc%12%11)c%10c9)c8)c7)cc6c6ccccc6c5c4)cc32)cc1. The number of rotatable bonds is 6. The van der Waals surface area contributed by atoms with E-state index in [1.54, 1.807) is 0 Å². The first-order valence-corrected chi connectivity index (χ1v) is 25.9. The topological polar surface area (TPSA) is 26.3 Å². The highest BCUT2D eigenvalue weighted by Crippen LogP contribution is 2.57. The van der Waals surface area contributed by atoms with Gasteiger partial charge in [0.2, 0.25) is 0 Å². The van der Waals surface area contributed by atoms with Gasteiger partial charge >= 0.3 is 0 Å². The van der Waals surface area contributed by atoms with E-state index in [1.807, 2.05) is 18.2 Å². The number of fused-ring (bicyclic) bond motifs is 16. The fraction of sp³-hybridized carbons (Fsp3) is 0.0137. The number of hydrogen-bond donors (Lipinski definition) is 0. The summed E-state index contributed by atoms with van der Waals surface area (Å²) in [6.45, 7) is 0. The second-order valence-corrected chi connectivity index (χ2v) is 20.2.